The Labute approximate surface area is 88.5 Å². The fourth-order valence-electron chi connectivity index (χ4n) is 1.37. The van der Waals surface area contributed by atoms with Crippen LogP contribution in [0.2, 0.25) is 5.02 Å². The lowest BCUT2D eigenvalue weighted by molar-refractivity contribution is 0.136. The molecule has 0 spiro atoms. The lowest BCUT2D eigenvalue weighted by Crippen LogP contribution is -2.10. The number of nitrogens with one attached hydrogen (secondary N) is 1. The van der Waals surface area contributed by atoms with Gasteiger partial charge < -0.3 is 0 Å². The smallest absolute Gasteiger partial charge is 0.0669 e. The van der Waals surface area contributed by atoms with Gasteiger partial charge in [0.25, 0.3) is 0 Å². The second-order valence-electron chi connectivity index (χ2n) is 3.29. The lowest BCUT2D eigenvalue weighted by atomic mass is 10.1. The number of hydrogen-bond donors (Lipinski definition) is 1. The Kier molecular flexibility index (Phi) is 2.75. The number of benzene rings is 1. The van der Waals surface area contributed by atoms with Crippen LogP contribution in [0, 0.1) is 0 Å². The van der Waals surface area contributed by atoms with Gasteiger partial charge in [-0.05, 0) is 36.1 Å². The summed E-state index contributed by atoms with van der Waals surface area (Å²) >= 11 is 5.82. The highest BCUT2D eigenvalue weighted by Gasteiger charge is 2.18. The average Bonchev–Trinajstić information content (AvgIpc) is 2.99. The van der Waals surface area contributed by atoms with E-state index in [0.717, 1.165) is 29.1 Å². The molecule has 1 aliphatic carbocycles. The molecule has 1 fully saturated rings. The Balaban J connectivity index is 2.28. The standard InChI is InChI=1S/C11H12ClNO/c1-14-13-11(8-2-3-8)9-4-6-10(12)7-5-9/h4-7,13H,2-3H2,1H3. The van der Waals surface area contributed by atoms with Gasteiger partial charge in [0.05, 0.1) is 12.8 Å². The van der Waals surface area contributed by atoms with Crippen LogP contribution in [-0.4, -0.2) is 7.11 Å². The fraction of sp³-hybridized carbons (Fsp3) is 0.273. The first-order chi connectivity index (χ1) is 6.81. The van der Waals surface area contributed by atoms with Crippen molar-refractivity contribution in [2.24, 2.45) is 0 Å². The van der Waals surface area contributed by atoms with Crippen molar-refractivity contribution >= 4 is 17.3 Å². The maximum atomic E-state index is 5.82. The molecule has 74 valence electrons. The molecule has 0 radical (unpaired) electrons. The van der Waals surface area contributed by atoms with Crippen LogP contribution in [0.25, 0.3) is 5.70 Å². The van der Waals surface area contributed by atoms with E-state index in [1.165, 1.54) is 5.57 Å². The van der Waals surface area contributed by atoms with Crippen LogP contribution in [0.3, 0.4) is 0 Å². The summed E-state index contributed by atoms with van der Waals surface area (Å²) in [6.45, 7) is 0. The lowest BCUT2D eigenvalue weighted by Gasteiger charge is -2.08. The molecule has 14 heavy (non-hydrogen) atoms. The second kappa shape index (κ2) is 4.03. The molecule has 0 heterocycles. The van der Waals surface area contributed by atoms with Crippen molar-refractivity contribution in [3.05, 3.63) is 40.4 Å². The molecule has 0 aromatic heterocycles. The van der Waals surface area contributed by atoms with E-state index in [1.54, 1.807) is 7.11 Å². The molecule has 0 amide bonds. The van der Waals surface area contributed by atoms with E-state index < -0.39 is 0 Å². The molecule has 3 heteroatoms. The van der Waals surface area contributed by atoms with Crippen molar-refractivity contribution in [1.82, 2.24) is 5.48 Å². The topological polar surface area (TPSA) is 21.3 Å². The second-order valence-corrected chi connectivity index (χ2v) is 3.73. The normalized spacial score (nSPS) is 14.0. The highest BCUT2D eigenvalue weighted by molar-refractivity contribution is 6.30. The molecular formula is C11H12ClNO. The van der Waals surface area contributed by atoms with Crippen LogP contribution in [-0.2, 0) is 4.84 Å². The van der Waals surface area contributed by atoms with Crippen LogP contribution < -0.4 is 5.48 Å². The van der Waals surface area contributed by atoms with Gasteiger partial charge >= 0.3 is 0 Å². The molecule has 1 N–H and O–H groups in total. The summed E-state index contributed by atoms with van der Waals surface area (Å²) < 4.78 is 0. The van der Waals surface area contributed by atoms with Gasteiger partial charge in [0.1, 0.15) is 0 Å². The van der Waals surface area contributed by atoms with Crippen molar-refractivity contribution in [2.45, 2.75) is 12.8 Å². The summed E-state index contributed by atoms with van der Waals surface area (Å²) in [5.74, 6) is 0. The van der Waals surface area contributed by atoms with E-state index in [1.807, 2.05) is 24.3 Å². The number of allylic oxidation sites excluding steroid dienone is 1. The zero-order chi connectivity index (χ0) is 9.97. The van der Waals surface area contributed by atoms with Crippen LogP contribution >= 0.6 is 11.6 Å². The number of halogens is 1. The van der Waals surface area contributed by atoms with Crippen LogP contribution in [0.15, 0.2) is 29.8 Å². The van der Waals surface area contributed by atoms with E-state index in [9.17, 15) is 0 Å². The molecular weight excluding hydrogens is 198 g/mol. The first kappa shape index (κ1) is 9.56. The SMILES string of the molecule is CONC(=C1CC1)c1ccc(Cl)cc1. The molecule has 0 unspecified atom stereocenters. The van der Waals surface area contributed by atoms with Crippen molar-refractivity contribution < 1.29 is 4.84 Å². The average molecular weight is 210 g/mol. The van der Waals surface area contributed by atoms with Gasteiger partial charge in [0.15, 0.2) is 0 Å². The predicted octanol–water partition coefficient (Wildman–Crippen LogP) is 3.00. The van der Waals surface area contributed by atoms with Crippen LogP contribution in [0.1, 0.15) is 18.4 Å². The summed E-state index contributed by atoms with van der Waals surface area (Å²) in [5, 5.41) is 0.756. The molecule has 2 rings (SSSR count). The van der Waals surface area contributed by atoms with Gasteiger partial charge in [-0.3, -0.25) is 10.3 Å². The maximum absolute atomic E-state index is 5.82. The van der Waals surface area contributed by atoms with Gasteiger partial charge in [-0.25, -0.2) is 0 Å². The van der Waals surface area contributed by atoms with E-state index in [0.29, 0.717) is 0 Å². The zero-order valence-electron chi connectivity index (χ0n) is 8.01. The molecule has 1 aromatic rings. The molecule has 0 atom stereocenters. The van der Waals surface area contributed by atoms with Gasteiger partial charge in [-0.1, -0.05) is 23.7 Å². The summed E-state index contributed by atoms with van der Waals surface area (Å²) in [7, 11) is 1.62. The molecule has 1 aromatic carbocycles. The fourth-order valence-corrected chi connectivity index (χ4v) is 1.49. The highest BCUT2D eigenvalue weighted by Crippen LogP contribution is 2.35. The quantitative estimate of drug-likeness (QED) is 0.773. The number of rotatable bonds is 3. The largest absolute Gasteiger partial charge is 0.279 e. The predicted molar refractivity (Wildman–Crippen MR) is 57.8 cm³/mol. The van der Waals surface area contributed by atoms with E-state index in [4.69, 9.17) is 16.4 Å². The Morgan fingerprint density at radius 2 is 1.93 bits per heavy atom. The summed E-state index contributed by atoms with van der Waals surface area (Å²) in [4.78, 5) is 4.95. The Bertz CT molecular complexity index is 350. The minimum atomic E-state index is 0.756. The van der Waals surface area contributed by atoms with Gasteiger partial charge in [-0.2, -0.15) is 0 Å². The third kappa shape index (κ3) is 2.08. The maximum Gasteiger partial charge on any atom is 0.0669 e. The summed E-state index contributed by atoms with van der Waals surface area (Å²) in [6.07, 6.45) is 2.32. The highest BCUT2D eigenvalue weighted by atomic mass is 35.5. The van der Waals surface area contributed by atoms with E-state index >= 15 is 0 Å². The summed E-state index contributed by atoms with van der Waals surface area (Å²) in [5.41, 5.74) is 6.54. The monoisotopic (exact) mass is 209 g/mol. The number of hydroxylamine groups is 1. The van der Waals surface area contributed by atoms with Gasteiger partial charge in [-0.15, -0.1) is 0 Å². The molecule has 0 saturated heterocycles. The third-order valence-electron chi connectivity index (χ3n) is 2.19. The first-order valence-electron chi connectivity index (χ1n) is 4.58. The minimum Gasteiger partial charge on any atom is -0.279 e. The first-order valence-corrected chi connectivity index (χ1v) is 4.96. The molecule has 0 bridgehead atoms. The minimum absolute atomic E-state index is 0.756. The molecule has 0 aliphatic heterocycles. The van der Waals surface area contributed by atoms with Gasteiger partial charge in [0.2, 0.25) is 0 Å². The zero-order valence-corrected chi connectivity index (χ0v) is 8.77. The number of hydrogen-bond acceptors (Lipinski definition) is 2. The molecule has 1 saturated carbocycles. The third-order valence-corrected chi connectivity index (χ3v) is 2.44. The van der Waals surface area contributed by atoms with Crippen LogP contribution in [0.5, 0.6) is 0 Å². The summed E-state index contributed by atoms with van der Waals surface area (Å²) in [6, 6.07) is 7.76. The van der Waals surface area contributed by atoms with Crippen LogP contribution in [0.4, 0.5) is 0 Å². The van der Waals surface area contributed by atoms with Crippen molar-refractivity contribution in [2.75, 3.05) is 7.11 Å². The van der Waals surface area contributed by atoms with Gasteiger partial charge in [0, 0.05) is 5.02 Å². The Hall–Kier alpha value is -0.990. The van der Waals surface area contributed by atoms with Crippen molar-refractivity contribution in [1.29, 1.82) is 0 Å². The van der Waals surface area contributed by atoms with Crippen molar-refractivity contribution in [3.63, 3.8) is 0 Å². The van der Waals surface area contributed by atoms with E-state index in [2.05, 4.69) is 5.48 Å². The molecule has 2 nitrogen and oxygen atoms in total. The van der Waals surface area contributed by atoms with Crippen molar-refractivity contribution in [3.8, 4) is 0 Å². The molecule has 1 aliphatic rings. The Morgan fingerprint density at radius 3 is 2.43 bits per heavy atom. The Morgan fingerprint density at radius 1 is 1.29 bits per heavy atom. The van der Waals surface area contributed by atoms with E-state index in [-0.39, 0.29) is 0 Å².